The Balaban J connectivity index is 2.16. The number of carbonyl (C=O) groups excluding carboxylic acids is 2. The highest BCUT2D eigenvalue weighted by atomic mass is 19.1. The summed E-state index contributed by atoms with van der Waals surface area (Å²) >= 11 is 0. The lowest BCUT2D eigenvalue weighted by molar-refractivity contribution is -0.138. The summed E-state index contributed by atoms with van der Waals surface area (Å²) in [5, 5.41) is 0. The molecule has 0 saturated carbocycles. The van der Waals surface area contributed by atoms with E-state index >= 15 is 0 Å². The lowest BCUT2D eigenvalue weighted by atomic mass is 10.0. The molecule has 23 heavy (non-hydrogen) atoms. The maximum atomic E-state index is 12.9. The zero-order valence-corrected chi connectivity index (χ0v) is 13.0. The number of esters is 1. The van der Waals surface area contributed by atoms with Crippen LogP contribution in [0.1, 0.15) is 24.2 Å². The molecule has 0 N–H and O–H groups in total. The maximum absolute atomic E-state index is 12.9. The lowest BCUT2D eigenvalue weighted by Gasteiger charge is -2.04. The summed E-state index contributed by atoms with van der Waals surface area (Å²) < 4.78 is 17.8. The van der Waals surface area contributed by atoms with Crippen LogP contribution in [0.5, 0.6) is 0 Å². The first-order valence-electron chi connectivity index (χ1n) is 7.27. The SMILES string of the molecule is CCOC(=O)C(C)=CC(=O)c1ccc(-c2ccc(F)cc2)cc1. The van der Waals surface area contributed by atoms with Crippen molar-refractivity contribution in [3.63, 3.8) is 0 Å². The molecule has 0 aromatic heterocycles. The van der Waals surface area contributed by atoms with Crippen LogP contribution in [0, 0.1) is 5.82 Å². The van der Waals surface area contributed by atoms with Gasteiger partial charge in [0.15, 0.2) is 5.78 Å². The second kappa shape index (κ2) is 7.49. The van der Waals surface area contributed by atoms with E-state index in [1.54, 1.807) is 50.2 Å². The molecular weight excluding hydrogens is 295 g/mol. The van der Waals surface area contributed by atoms with Crippen molar-refractivity contribution in [2.45, 2.75) is 13.8 Å². The quantitative estimate of drug-likeness (QED) is 0.472. The van der Waals surface area contributed by atoms with Gasteiger partial charge in [0, 0.05) is 11.1 Å². The summed E-state index contributed by atoms with van der Waals surface area (Å²) in [6.07, 6.45) is 1.27. The van der Waals surface area contributed by atoms with Crippen molar-refractivity contribution in [3.8, 4) is 11.1 Å². The summed E-state index contributed by atoms with van der Waals surface area (Å²) in [6, 6.07) is 13.1. The van der Waals surface area contributed by atoms with Gasteiger partial charge in [0.1, 0.15) is 5.82 Å². The van der Waals surface area contributed by atoms with Crippen molar-refractivity contribution < 1.29 is 18.7 Å². The van der Waals surface area contributed by atoms with Crippen LogP contribution >= 0.6 is 0 Å². The summed E-state index contributed by atoms with van der Waals surface area (Å²) in [7, 11) is 0. The smallest absolute Gasteiger partial charge is 0.333 e. The molecule has 0 atom stereocenters. The molecule has 118 valence electrons. The highest BCUT2D eigenvalue weighted by Crippen LogP contribution is 2.20. The highest BCUT2D eigenvalue weighted by Gasteiger charge is 2.09. The fourth-order valence-corrected chi connectivity index (χ4v) is 2.05. The van der Waals surface area contributed by atoms with E-state index in [2.05, 4.69) is 0 Å². The number of hydrogen-bond donors (Lipinski definition) is 0. The van der Waals surface area contributed by atoms with Gasteiger partial charge in [-0.1, -0.05) is 36.4 Å². The number of allylic oxidation sites excluding steroid dienone is 1. The van der Waals surface area contributed by atoms with Crippen LogP contribution < -0.4 is 0 Å². The van der Waals surface area contributed by atoms with Gasteiger partial charge in [-0.15, -0.1) is 0 Å². The molecule has 2 aromatic rings. The van der Waals surface area contributed by atoms with Gasteiger partial charge in [-0.05, 0) is 43.2 Å². The topological polar surface area (TPSA) is 43.4 Å². The molecule has 2 aromatic carbocycles. The zero-order chi connectivity index (χ0) is 16.8. The Bertz CT molecular complexity index is 728. The molecule has 0 aliphatic carbocycles. The van der Waals surface area contributed by atoms with Crippen LogP contribution in [0.25, 0.3) is 11.1 Å². The van der Waals surface area contributed by atoms with E-state index in [0.29, 0.717) is 5.56 Å². The molecule has 0 bridgehead atoms. The first kappa shape index (κ1) is 16.6. The molecule has 0 heterocycles. The first-order valence-corrected chi connectivity index (χ1v) is 7.27. The van der Waals surface area contributed by atoms with Crippen LogP contribution in [-0.2, 0) is 9.53 Å². The second-order valence-corrected chi connectivity index (χ2v) is 5.00. The Labute approximate surface area is 134 Å². The molecule has 0 amide bonds. The van der Waals surface area contributed by atoms with Crippen LogP contribution in [0.3, 0.4) is 0 Å². The molecular formula is C19H17FO3. The van der Waals surface area contributed by atoms with Crippen molar-refractivity contribution in [2.75, 3.05) is 6.61 Å². The number of rotatable bonds is 5. The van der Waals surface area contributed by atoms with Crippen LogP contribution in [0.4, 0.5) is 4.39 Å². The maximum Gasteiger partial charge on any atom is 0.333 e. The second-order valence-electron chi connectivity index (χ2n) is 5.00. The Hall–Kier alpha value is -2.75. The van der Waals surface area contributed by atoms with Gasteiger partial charge in [0.25, 0.3) is 0 Å². The molecule has 0 aliphatic rings. The van der Waals surface area contributed by atoms with Gasteiger partial charge in [0.2, 0.25) is 0 Å². The highest BCUT2D eigenvalue weighted by molar-refractivity contribution is 6.08. The Morgan fingerprint density at radius 1 is 1.00 bits per heavy atom. The Morgan fingerprint density at radius 3 is 2.04 bits per heavy atom. The summed E-state index contributed by atoms with van der Waals surface area (Å²) in [5.41, 5.74) is 2.48. The molecule has 4 heteroatoms. The number of halogens is 1. The van der Waals surface area contributed by atoms with Gasteiger partial charge >= 0.3 is 5.97 Å². The monoisotopic (exact) mass is 312 g/mol. The van der Waals surface area contributed by atoms with Gasteiger partial charge in [-0.3, -0.25) is 4.79 Å². The number of hydrogen-bond acceptors (Lipinski definition) is 3. The van der Waals surface area contributed by atoms with E-state index in [1.807, 2.05) is 0 Å². The van der Waals surface area contributed by atoms with Crippen LogP contribution in [-0.4, -0.2) is 18.4 Å². The van der Waals surface area contributed by atoms with Crippen molar-refractivity contribution in [1.29, 1.82) is 0 Å². The number of carbonyl (C=O) groups is 2. The average molecular weight is 312 g/mol. The lowest BCUT2D eigenvalue weighted by Crippen LogP contribution is -2.07. The largest absolute Gasteiger partial charge is 0.463 e. The van der Waals surface area contributed by atoms with Crippen molar-refractivity contribution in [3.05, 3.63) is 71.6 Å². The molecule has 0 spiro atoms. The van der Waals surface area contributed by atoms with Gasteiger partial charge in [-0.2, -0.15) is 0 Å². The van der Waals surface area contributed by atoms with Gasteiger partial charge < -0.3 is 4.74 Å². The molecule has 2 rings (SSSR count). The summed E-state index contributed by atoms with van der Waals surface area (Å²) in [6.45, 7) is 3.52. The molecule has 0 fully saturated rings. The molecule has 0 radical (unpaired) electrons. The van der Waals surface area contributed by atoms with Crippen molar-refractivity contribution in [2.24, 2.45) is 0 Å². The van der Waals surface area contributed by atoms with Crippen molar-refractivity contribution >= 4 is 11.8 Å². The fourth-order valence-electron chi connectivity index (χ4n) is 2.05. The van der Waals surface area contributed by atoms with E-state index in [4.69, 9.17) is 4.74 Å². The van der Waals surface area contributed by atoms with Crippen molar-refractivity contribution in [1.82, 2.24) is 0 Å². The van der Waals surface area contributed by atoms with E-state index in [9.17, 15) is 14.0 Å². The van der Waals surface area contributed by atoms with Gasteiger partial charge in [0.05, 0.1) is 6.61 Å². The molecule has 0 saturated heterocycles. The predicted octanol–water partition coefficient (Wildman–Crippen LogP) is 4.18. The van der Waals surface area contributed by atoms with E-state index in [1.165, 1.54) is 18.2 Å². The summed E-state index contributed by atoms with van der Waals surface area (Å²) in [5.74, 6) is -1.05. The van der Waals surface area contributed by atoms with E-state index < -0.39 is 5.97 Å². The third-order valence-corrected chi connectivity index (χ3v) is 3.29. The Kier molecular flexibility index (Phi) is 5.41. The molecule has 0 aliphatic heterocycles. The van der Waals surface area contributed by atoms with E-state index in [0.717, 1.165) is 11.1 Å². The first-order chi connectivity index (χ1) is 11.0. The molecule has 3 nitrogen and oxygen atoms in total. The van der Waals surface area contributed by atoms with Crippen LogP contribution in [0.15, 0.2) is 60.2 Å². The fraction of sp³-hybridized carbons (Fsp3) is 0.158. The normalized spacial score (nSPS) is 11.2. The standard InChI is InChI=1S/C19H17FO3/c1-3-23-19(22)13(2)12-18(21)16-6-4-14(5-7-16)15-8-10-17(20)11-9-15/h4-12H,3H2,1-2H3. The number of ether oxygens (including phenoxy) is 1. The predicted molar refractivity (Wildman–Crippen MR) is 86.6 cm³/mol. The number of benzene rings is 2. The third kappa shape index (κ3) is 4.36. The van der Waals surface area contributed by atoms with Gasteiger partial charge in [-0.25, -0.2) is 9.18 Å². The Morgan fingerprint density at radius 2 is 1.52 bits per heavy atom. The minimum absolute atomic E-state index is 0.263. The molecule has 0 unspecified atom stereocenters. The van der Waals surface area contributed by atoms with Crippen LogP contribution in [0.2, 0.25) is 0 Å². The average Bonchev–Trinajstić information content (AvgIpc) is 2.56. The number of ketones is 1. The summed E-state index contributed by atoms with van der Waals surface area (Å²) in [4.78, 5) is 23.6. The van der Waals surface area contributed by atoms with E-state index in [-0.39, 0.29) is 23.8 Å². The minimum Gasteiger partial charge on any atom is -0.463 e. The zero-order valence-electron chi connectivity index (χ0n) is 13.0. The third-order valence-electron chi connectivity index (χ3n) is 3.29. The minimum atomic E-state index is -0.496.